The number of para-hydroxylation sites is 2. The van der Waals surface area contributed by atoms with Crippen molar-refractivity contribution in [3.05, 3.63) is 101 Å². The second-order valence-electron chi connectivity index (χ2n) is 6.77. The monoisotopic (exact) mass is 398 g/mol. The fourth-order valence-corrected chi connectivity index (χ4v) is 3.01. The molecule has 6 heteroatoms. The number of anilines is 1. The lowest BCUT2D eigenvalue weighted by molar-refractivity contribution is -0.117. The van der Waals surface area contributed by atoms with E-state index in [1.807, 2.05) is 25.1 Å². The molecule has 4 rings (SSSR count). The van der Waals surface area contributed by atoms with E-state index < -0.39 is 17.8 Å². The summed E-state index contributed by atoms with van der Waals surface area (Å²) in [6.45, 7) is 1.93. The summed E-state index contributed by atoms with van der Waals surface area (Å²) in [5.74, 6) is -1.27. The van der Waals surface area contributed by atoms with Crippen LogP contribution in [0.5, 0.6) is 5.75 Å². The van der Waals surface area contributed by atoms with Crippen molar-refractivity contribution in [2.75, 3.05) is 5.01 Å². The number of aryl methyl sites for hydroxylation is 1. The molecule has 0 radical (unpaired) electrons. The van der Waals surface area contributed by atoms with E-state index in [1.165, 1.54) is 11.1 Å². The molecule has 1 aliphatic heterocycles. The van der Waals surface area contributed by atoms with Gasteiger partial charge in [0.15, 0.2) is 0 Å². The Morgan fingerprint density at radius 3 is 2.30 bits per heavy atom. The number of esters is 1. The van der Waals surface area contributed by atoms with Gasteiger partial charge in [0.1, 0.15) is 11.3 Å². The van der Waals surface area contributed by atoms with Crippen LogP contribution in [-0.4, -0.2) is 17.8 Å². The molecule has 0 spiro atoms. The molecule has 0 atom stereocenters. The minimum absolute atomic E-state index is 0.0438. The van der Waals surface area contributed by atoms with Gasteiger partial charge >= 0.3 is 5.97 Å². The van der Waals surface area contributed by atoms with Crippen LogP contribution in [-0.2, 0) is 9.59 Å². The molecule has 1 N–H and O–H groups in total. The number of hydrazine groups is 1. The summed E-state index contributed by atoms with van der Waals surface area (Å²) in [5, 5.41) is 1.19. The van der Waals surface area contributed by atoms with Crippen molar-refractivity contribution in [2.45, 2.75) is 6.92 Å². The summed E-state index contributed by atoms with van der Waals surface area (Å²) in [4.78, 5) is 37.7. The first kappa shape index (κ1) is 19.1. The molecule has 148 valence electrons. The van der Waals surface area contributed by atoms with Gasteiger partial charge in [-0.15, -0.1) is 0 Å². The van der Waals surface area contributed by atoms with Gasteiger partial charge in [-0.1, -0.05) is 54.1 Å². The lowest BCUT2D eigenvalue weighted by atomic mass is 10.1. The Morgan fingerprint density at radius 2 is 1.57 bits per heavy atom. The molecular weight excluding hydrogens is 380 g/mol. The lowest BCUT2D eigenvalue weighted by Crippen LogP contribution is -2.35. The van der Waals surface area contributed by atoms with Crippen LogP contribution in [0.1, 0.15) is 21.5 Å². The highest BCUT2D eigenvalue weighted by molar-refractivity contribution is 6.31. The average molecular weight is 398 g/mol. The van der Waals surface area contributed by atoms with Crippen molar-refractivity contribution in [1.29, 1.82) is 0 Å². The molecule has 3 aromatic carbocycles. The van der Waals surface area contributed by atoms with Gasteiger partial charge in [0.05, 0.1) is 11.3 Å². The molecule has 1 heterocycles. The van der Waals surface area contributed by atoms with Crippen LogP contribution in [0.15, 0.2) is 84.4 Å². The molecule has 1 saturated heterocycles. The number of carbonyl (C=O) groups excluding carboxylic acids is 3. The minimum Gasteiger partial charge on any atom is -0.422 e. The highest BCUT2D eigenvalue weighted by atomic mass is 16.5. The van der Waals surface area contributed by atoms with Crippen molar-refractivity contribution in [3.8, 4) is 5.75 Å². The Balaban J connectivity index is 1.61. The summed E-state index contributed by atoms with van der Waals surface area (Å²) < 4.78 is 5.52. The summed E-state index contributed by atoms with van der Waals surface area (Å²) >= 11 is 0. The number of rotatable bonds is 4. The van der Waals surface area contributed by atoms with E-state index in [-0.39, 0.29) is 11.3 Å². The third-order valence-corrected chi connectivity index (χ3v) is 4.61. The maximum atomic E-state index is 12.8. The summed E-state index contributed by atoms with van der Waals surface area (Å²) in [6.07, 6.45) is 1.43. The second kappa shape index (κ2) is 8.05. The molecule has 0 unspecified atom stereocenters. The summed E-state index contributed by atoms with van der Waals surface area (Å²) in [5.41, 5.74) is 4.95. The van der Waals surface area contributed by atoms with E-state index in [2.05, 4.69) is 5.43 Å². The van der Waals surface area contributed by atoms with Crippen molar-refractivity contribution < 1.29 is 19.1 Å². The Bertz CT molecular complexity index is 1150. The van der Waals surface area contributed by atoms with Crippen LogP contribution in [0, 0.1) is 6.92 Å². The number of ether oxygens (including phenoxy) is 1. The van der Waals surface area contributed by atoms with E-state index in [0.29, 0.717) is 16.8 Å². The largest absolute Gasteiger partial charge is 0.422 e. The Hall–Kier alpha value is -4.19. The zero-order valence-electron chi connectivity index (χ0n) is 16.2. The summed E-state index contributed by atoms with van der Waals surface area (Å²) in [6, 6.07) is 22.6. The number of nitrogens with zero attached hydrogens (tertiary/aromatic N) is 1. The van der Waals surface area contributed by atoms with Gasteiger partial charge in [-0.25, -0.2) is 9.80 Å². The summed E-state index contributed by atoms with van der Waals surface area (Å²) in [7, 11) is 0. The van der Waals surface area contributed by atoms with Gasteiger partial charge in [0, 0.05) is 5.56 Å². The number of benzene rings is 3. The first-order chi connectivity index (χ1) is 14.5. The molecule has 3 aromatic rings. The van der Waals surface area contributed by atoms with Crippen molar-refractivity contribution in [3.63, 3.8) is 0 Å². The van der Waals surface area contributed by atoms with E-state index in [0.717, 1.165) is 5.56 Å². The molecule has 2 amide bonds. The fourth-order valence-electron chi connectivity index (χ4n) is 3.01. The third-order valence-electron chi connectivity index (χ3n) is 4.61. The van der Waals surface area contributed by atoms with Gasteiger partial charge in [-0.2, -0.15) is 0 Å². The van der Waals surface area contributed by atoms with Gasteiger partial charge in [0.25, 0.3) is 11.8 Å². The van der Waals surface area contributed by atoms with E-state index >= 15 is 0 Å². The first-order valence-corrected chi connectivity index (χ1v) is 9.33. The number of hydrogen-bond donors (Lipinski definition) is 1. The highest BCUT2D eigenvalue weighted by Crippen LogP contribution is 2.26. The average Bonchev–Trinajstić information content (AvgIpc) is 3.04. The standard InChI is InChI=1S/C24H18N2O4/c1-16-11-13-17(14-12-16)24(29)30-21-10-6-5-7-18(21)15-20-22(27)25-26(23(20)28)19-8-3-2-4-9-19/h2-15H,1H3,(H,25,27). The topological polar surface area (TPSA) is 75.7 Å². The van der Waals surface area contributed by atoms with E-state index in [1.54, 1.807) is 60.7 Å². The number of hydrogen-bond acceptors (Lipinski definition) is 4. The Morgan fingerprint density at radius 1 is 0.900 bits per heavy atom. The predicted octanol–water partition coefficient (Wildman–Crippen LogP) is 3.68. The second-order valence-corrected chi connectivity index (χ2v) is 6.77. The zero-order chi connectivity index (χ0) is 21.1. The highest BCUT2D eigenvalue weighted by Gasteiger charge is 2.34. The molecule has 30 heavy (non-hydrogen) atoms. The van der Waals surface area contributed by atoms with Crippen LogP contribution in [0.3, 0.4) is 0 Å². The zero-order valence-corrected chi connectivity index (χ0v) is 16.2. The van der Waals surface area contributed by atoms with Gasteiger partial charge < -0.3 is 4.74 Å². The normalized spacial score (nSPS) is 14.7. The van der Waals surface area contributed by atoms with Crippen LogP contribution < -0.4 is 15.2 Å². The van der Waals surface area contributed by atoms with Crippen LogP contribution in [0.4, 0.5) is 5.69 Å². The molecule has 6 nitrogen and oxygen atoms in total. The van der Waals surface area contributed by atoms with Crippen molar-refractivity contribution in [2.24, 2.45) is 0 Å². The number of nitrogens with one attached hydrogen (secondary N) is 1. The number of amides is 2. The quantitative estimate of drug-likeness (QED) is 0.315. The SMILES string of the molecule is Cc1ccc(C(=O)Oc2ccccc2C=C2C(=O)NN(c3ccccc3)C2=O)cc1. The predicted molar refractivity (Wildman–Crippen MR) is 113 cm³/mol. The Labute approximate surface area is 173 Å². The number of carbonyl (C=O) groups is 3. The van der Waals surface area contributed by atoms with Crippen LogP contribution in [0.25, 0.3) is 6.08 Å². The molecule has 0 aliphatic carbocycles. The molecule has 0 bridgehead atoms. The third kappa shape index (κ3) is 3.84. The molecule has 1 aliphatic rings. The van der Waals surface area contributed by atoms with Crippen LogP contribution >= 0.6 is 0 Å². The van der Waals surface area contributed by atoms with Gasteiger partial charge in [0.2, 0.25) is 0 Å². The maximum absolute atomic E-state index is 12.8. The van der Waals surface area contributed by atoms with Crippen molar-refractivity contribution in [1.82, 2.24) is 5.43 Å². The van der Waals surface area contributed by atoms with E-state index in [4.69, 9.17) is 4.74 Å². The maximum Gasteiger partial charge on any atom is 0.343 e. The van der Waals surface area contributed by atoms with Gasteiger partial charge in [-0.3, -0.25) is 15.0 Å². The lowest BCUT2D eigenvalue weighted by Gasteiger charge is -2.13. The molecule has 0 aromatic heterocycles. The molecular formula is C24H18N2O4. The van der Waals surface area contributed by atoms with Crippen LogP contribution in [0.2, 0.25) is 0 Å². The fraction of sp³-hybridized carbons (Fsp3) is 0.0417. The minimum atomic E-state index is -0.525. The smallest absolute Gasteiger partial charge is 0.343 e. The van der Waals surface area contributed by atoms with Crippen molar-refractivity contribution >= 4 is 29.5 Å². The first-order valence-electron chi connectivity index (χ1n) is 9.33. The van der Waals surface area contributed by atoms with E-state index in [9.17, 15) is 14.4 Å². The Kier molecular flexibility index (Phi) is 5.13. The van der Waals surface area contributed by atoms with Gasteiger partial charge in [-0.05, 0) is 43.3 Å². The molecule has 0 saturated carbocycles. The molecule has 1 fully saturated rings.